The van der Waals surface area contributed by atoms with Crippen molar-refractivity contribution < 1.29 is 4.74 Å². The number of nitrogens with two attached hydrogens (primary N) is 1. The highest BCUT2D eigenvalue weighted by Crippen LogP contribution is 2.23. The molecule has 0 bridgehead atoms. The van der Waals surface area contributed by atoms with Gasteiger partial charge < -0.3 is 10.5 Å². The summed E-state index contributed by atoms with van der Waals surface area (Å²) in [4.78, 5) is 0. The summed E-state index contributed by atoms with van der Waals surface area (Å²) in [5.41, 5.74) is 8.87. The minimum absolute atomic E-state index is 0.119. The smallest absolute Gasteiger partial charge is 0.0796 e. The number of methoxy groups -OCH3 is 1. The third-order valence-electron chi connectivity index (χ3n) is 2.21. The Bertz CT molecular complexity index is 271. The molecule has 0 aromatic heterocycles. The second-order valence-electron chi connectivity index (χ2n) is 2.94. The summed E-state index contributed by atoms with van der Waals surface area (Å²) in [6, 6.07) is 5.90. The first-order valence-corrected chi connectivity index (χ1v) is 4.04. The summed E-state index contributed by atoms with van der Waals surface area (Å²) in [6.07, 6.45) is 0.119. The Morgan fingerprint density at radius 1 is 1.42 bits per heavy atom. The maximum absolute atomic E-state index is 5.76. The summed E-state index contributed by atoms with van der Waals surface area (Å²) in [7, 11) is 1.70. The first-order chi connectivity index (χ1) is 5.66. The molecular formula is C10H15NO. The third-order valence-corrected chi connectivity index (χ3v) is 2.21. The maximum atomic E-state index is 5.76. The molecule has 0 radical (unpaired) electrons. The van der Waals surface area contributed by atoms with Gasteiger partial charge in [0.2, 0.25) is 0 Å². The highest BCUT2D eigenvalue weighted by molar-refractivity contribution is 5.50. The summed E-state index contributed by atoms with van der Waals surface area (Å²) >= 11 is 0. The zero-order valence-electron chi connectivity index (χ0n) is 7.79. The normalized spacial score (nSPS) is 12.9. The quantitative estimate of drug-likeness (QED) is 0.682. The van der Waals surface area contributed by atoms with Crippen LogP contribution in [0.5, 0.6) is 0 Å². The average molecular weight is 165 g/mol. The lowest BCUT2D eigenvalue weighted by molar-refractivity contribution is 0.119. The molecule has 0 saturated carbocycles. The van der Waals surface area contributed by atoms with E-state index in [-0.39, 0.29) is 6.10 Å². The second-order valence-corrected chi connectivity index (χ2v) is 2.94. The minimum atomic E-state index is 0.119. The summed E-state index contributed by atoms with van der Waals surface area (Å²) in [5, 5.41) is 0. The van der Waals surface area contributed by atoms with Gasteiger partial charge in [-0.15, -0.1) is 0 Å². The van der Waals surface area contributed by atoms with E-state index in [4.69, 9.17) is 10.5 Å². The van der Waals surface area contributed by atoms with E-state index in [9.17, 15) is 0 Å². The van der Waals surface area contributed by atoms with E-state index in [0.717, 1.165) is 16.8 Å². The largest absolute Gasteiger partial charge is 0.399 e. The number of hydrogen-bond acceptors (Lipinski definition) is 2. The second kappa shape index (κ2) is 3.59. The molecule has 1 atom stereocenters. The van der Waals surface area contributed by atoms with Gasteiger partial charge >= 0.3 is 0 Å². The molecule has 0 aliphatic heterocycles. The van der Waals surface area contributed by atoms with Crippen LogP contribution in [0.4, 0.5) is 5.69 Å². The van der Waals surface area contributed by atoms with Gasteiger partial charge in [-0.3, -0.25) is 0 Å². The molecule has 66 valence electrons. The van der Waals surface area contributed by atoms with E-state index in [1.54, 1.807) is 7.11 Å². The van der Waals surface area contributed by atoms with Gasteiger partial charge in [-0.05, 0) is 31.0 Å². The van der Waals surface area contributed by atoms with Gasteiger partial charge in [0.25, 0.3) is 0 Å². The van der Waals surface area contributed by atoms with Crippen LogP contribution in [0.1, 0.15) is 24.2 Å². The minimum Gasteiger partial charge on any atom is -0.399 e. The molecule has 1 aromatic carbocycles. The van der Waals surface area contributed by atoms with E-state index >= 15 is 0 Å². The van der Waals surface area contributed by atoms with Crippen molar-refractivity contribution in [3.05, 3.63) is 29.3 Å². The number of nitrogen functional groups attached to an aromatic ring is 1. The molecule has 2 N–H and O–H groups in total. The van der Waals surface area contributed by atoms with Gasteiger partial charge in [0.15, 0.2) is 0 Å². The van der Waals surface area contributed by atoms with Crippen LogP contribution >= 0.6 is 0 Å². The van der Waals surface area contributed by atoms with Crippen molar-refractivity contribution in [2.45, 2.75) is 20.0 Å². The highest BCUT2D eigenvalue weighted by Gasteiger charge is 2.07. The van der Waals surface area contributed by atoms with Gasteiger partial charge in [0.05, 0.1) is 6.10 Å². The Morgan fingerprint density at radius 3 is 2.67 bits per heavy atom. The van der Waals surface area contributed by atoms with E-state index in [0.29, 0.717) is 0 Å². The molecular weight excluding hydrogens is 150 g/mol. The molecule has 0 aliphatic rings. The lowest BCUT2D eigenvalue weighted by Crippen LogP contribution is -2.01. The number of ether oxygens (including phenoxy) is 1. The van der Waals surface area contributed by atoms with Gasteiger partial charge in [-0.1, -0.05) is 12.1 Å². The van der Waals surface area contributed by atoms with Crippen LogP contribution in [0.3, 0.4) is 0 Å². The number of rotatable bonds is 2. The zero-order chi connectivity index (χ0) is 9.14. The summed E-state index contributed by atoms with van der Waals surface area (Å²) in [5.74, 6) is 0. The summed E-state index contributed by atoms with van der Waals surface area (Å²) in [6.45, 7) is 4.03. The van der Waals surface area contributed by atoms with E-state index in [1.807, 2.05) is 32.0 Å². The fraction of sp³-hybridized carbons (Fsp3) is 0.400. The SMILES string of the molecule is COC(C)c1cccc(N)c1C. The molecule has 12 heavy (non-hydrogen) atoms. The molecule has 0 fully saturated rings. The maximum Gasteiger partial charge on any atom is 0.0796 e. The van der Waals surface area contributed by atoms with Crippen molar-refractivity contribution in [1.29, 1.82) is 0 Å². The van der Waals surface area contributed by atoms with Crippen LogP contribution < -0.4 is 5.73 Å². The van der Waals surface area contributed by atoms with E-state index < -0.39 is 0 Å². The Balaban J connectivity index is 3.07. The molecule has 2 heteroatoms. The van der Waals surface area contributed by atoms with Crippen molar-refractivity contribution >= 4 is 5.69 Å². The molecule has 0 heterocycles. The Hall–Kier alpha value is -1.02. The monoisotopic (exact) mass is 165 g/mol. The Kier molecular flexibility index (Phi) is 2.71. The highest BCUT2D eigenvalue weighted by atomic mass is 16.5. The zero-order valence-corrected chi connectivity index (χ0v) is 7.79. The number of anilines is 1. The Labute approximate surface area is 73.3 Å². The van der Waals surface area contributed by atoms with Crippen molar-refractivity contribution in [1.82, 2.24) is 0 Å². The summed E-state index contributed by atoms with van der Waals surface area (Å²) < 4.78 is 5.22. The first-order valence-electron chi connectivity index (χ1n) is 4.04. The van der Waals surface area contributed by atoms with Crippen LogP contribution in [-0.4, -0.2) is 7.11 Å². The van der Waals surface area contributed by atoms with Crippen LogP contribution in [0, 0.1) is 6.92 Å². The van der Waals surface area contributed by atoms with Gasteiger partial charge in [-0.25, -0.2) is 0 Å². The van der Waals surface area contributed by atoms with Crippen LogP contribution in [-0.2, 0) is 4.74 Å². The van der Waals surface area contributed by atoms with Crippen molar-refractivity contribution in [2.24, 2.45) is 0 Å². The molecule has 0 spiro atoms. The predicted molar refractivity (Wildman–Crippen MR) is 51.0 cm³/mol. The van der Waals surface area contributed by atoms with Crippen LogP contribution in [0.2, 0.25) is 0 Å². The molecule has 1 unspecified atom stereocenters. The molecule has 1 aromatic rings. The van der Waals surface area contributed by atoms with Crippen molar-refractivity contribution in [3.8, 4) is 0 Å². The van der Waals surface area contributed by atoms with Crippen LogP contribution in [0.25, 0.3) is 0 Å². The number of benzene rings is 1. The van der Waals surface area contributed by atoms with Crippen LogP contribution in [0.15, 0.2) is 18.2 Å². The third kappa shape index (κ3) is 1.59. The van der Waals surface area contributed by atoms with E-state index in [1.165, 1.54) is 0 Å². The standard InChI is InChI=1S/C10H15NO/c1-7-9(8(2)12-3)5-4-6-10(7)11/h4-6,8H,11H2,1-3H3. The molecule has 0 saturated heterocycles. The number of hydrogen-bond donors (Lipinski definition) is 1. The lowest BCUT2D eigenvalue weighted by atomic mass is 10.0. The lowest BCUT2D eigenvalue weighted by Gasteiger charge is -2.13. The van der Waals surface area contributed by atoms with Gasteiger partial charge in [0, 0.05) is 12.8 Å². The van der Waals surface area contributed by atoms with Gasteiger partial charge in [-0.2, -0.15) is 0 Å². The predicted octanol–water partition coefficient (Wildman–Crippen LogP) is 2.28. The topological polar surface area (TPSA) is 35.2 Å². The first kappa shape index (κ1) is 9.07. The molecule has 0 amide bonds. The van der Waals surface area contributed by atoms with E-state index in [2.05, 4.69) is 0 Å². The fourth-order valence-electron chi connectivity index (χ4n) is 1.24. The molecule has 2 nitrogen and oxygen atoms in total. The van der Waals surface area contributed by atoms with Gasteiger partial charge in [0.1, 0.15) is 0 Å². The molecule has 1 rings (SSSR count). The molecule has 0 aliphatic carbocycles. The average Bonchev–Trinajstić information content (AvgIpc) is 2.08. The van der Waals surface area contributed by atoms with Crippen molar-refractivity contribution in [3.63, 3.8) is 0 Å². The Morgan fingerprint density at radius 2 is 2.08 bits per heavy atom. The fourth-order valence-corrected chi connectivity index (χ4v) is 1.24. The van der Waals surface area contributed by atoms with Crippen molar-refractivity contribution in [2.75, 3.05) is 12.8 Å².